The molecule has 0 saturated carbocycles. The number of rotatable bonds is 2. The van der Waals surface area contributed by atoms with Crippen molar-refractivity contribution in [3.63, 3.8) is 0 Å². The van der Waals surface area contributed by atoms with E-state index in [-0.39, 0.29) is 5.75 Å². The highest BCUT2D eigenvalue weighted by Gasteiger charge is 2.02. The molecule has 1 aromatic heterocycles. The number of aryl methyl sites for hydroxylation is 1. The summed E-state index contributed by atoms with van der Waals surface area (Å²) in [5.74, 6) is 0.946. The number of aromatic hydroxyl groups is 1. The van der Waals surface area contributed by atoms with Gasteiger partial charge >= 0.3 is 0 Å². The Labute approximate surface area is 104 Å². The average Bonchev–Trinajstić information content (AvgIpc) is 2.73. The normalized spacial score (nSPS) is 10.7. The Morgan fingerprint density at radius 3 is 2.67 bits per heavy atom. The molecule has 0 fully saturated rings. The largest absolute Gasteiger partial charge is 0.508 e. The monoisotopic (exact) mass is 239 g/mol. The molecule has 3 rings (SSSR count). The number of benzene rings is 2. The molecule has 0 amide bonds. The van der Waals surface area contributed by atoms with Crippen LogP contribution < -0.4 is 5.32 Å². The quantitative estimate of drug-likeness (QED) is 0.601. The molecule has 4 heteroatoms. The fourth-order valence-electron chi connectivity index (χ4n) is 1.86. The second-order valence-corrected chi connectivity index (χ2v) is 4.28. The number of anilines is 2. The molecular formula is C14H13N3O. The highest BCUT2D eigenvalue weighted by molar-refractivity contribution is 5.79. The van der Waals surface area contributed by atoms with Crippen molar-refractivity contribution in [1.82, 2.24) is 9.97 Å². The summed E-state index contributed by atoms with van der Waals surface area (Å²) in [4.78, 5) is 7.66. The summed E-state index contributed by atoms with van der Waals surface area (Å²) in [5.41, 5.74) is 4.02. The van der Waals surface area contributed by atoms with E-state index in [1.54, 1.807) is 24.3 Å². The summed E-state index contributed by atoms with van der Waals surface area (Å²) in [6.07, 6.45) is 0. The van der Waals surface area contributed by atoms with Crippen LogP contribution >= 0.6 is 0 Å². The molecule has 0 aliphatic heterocycles. The molecular weight excluding hydrogens is 226 g/mol. The molecule has 0 saturated heterocycles. The molecule has 4 nitrogen and oxygen atoms in total. The van der Waals surface area contributed by atoms with Crippen LogP contribution in [0.15, 0.2) is 42.5 Å². The third-order valence-corrected chi connectivity index (χ3v) is 2.77. The lowest BCUT2D eigenvalue weighted by Gasteiger charge is -2.01. The predicted molar refractivity (Wildman–Crippen MR) is 72.2 cm³/mol. The van der Waals surface area contributed by atoms with E-state index in [0.29, 0.717) is 5.95 Å². The van der Waals surface area contributed by atoms with Crippen molar-refractivity contribution in [2.75, 3.05) is 5.32 Å². The molecule has 2 aromatic carbocycles. The number of hydrogen-bond donors (Lipinski definition) is 3. The zero-order valence-electron chi connectivity index (χ0n) is 9.94. The van der Waals surface area contributed by atoms with Crippen molar-refractivity contribution >= 4 is 22.7 Å². The smallest absolute Gasteiger partial charge is 0.205 e. The summed E-state index contributed by atoms with van der Waals surface area (Å²) in [6, 6.07) is 13.0. The lowest BCUT2D eigenvalue weighted by Crippen LogP contribution is -1.91. The molecule has 18 heavy (non-hydrogen) atoms. The molecule has 0 radical (unpaired) electrons. The number of aromatic amines is 1. The Bertz CT molecular complexity index is 686. The van der Waals surface area contributed by atoms with E-state index < -0.39 is 0 Å². The van der Waals surface area contributed by atoms with Crippen LogP contribution in [-0.2, 0) is 0 Å². The van der Waals surface area contributed by atoms with Gasteiger partial charge in [-0.3, -0.25) is 0 Å². The second kappa shape index (κ2) is 4.07. The molecule has 3 N–H and O–H groups in total. The lowest BCUT2D eigenvalue weighted by atomic mass is 10.2. The van der Waals surface area contributed by atoms with Gasteiger partial charge in [-0.15, -0.1) is 0 Å². The van der Waals surface area contributed by atoms with Gasteiger partial charge < -0.3 is 15.4 Å². The second-order valence-electron chi connectivity index (χ2n) is 4.28. The number of imidazole rings is 1. The zero-order valence-corrected chi connectivity index (χ0v) is 9.94. The first-order valence-electron chi connectivity index (χ1n) is 5.73. The van der Waals surface area contributed by atoms with Crippen LogP contribution in [0.2, 0.25) is 0 Å². The van der Waals surface area contributed by atoms with E-state index in [1.807, 2.05) is 19.1 Å². The van der Waals surface area contributed by atoms with Gasteiger partial charge in [-0.05, 0) is 48.9 Å². The van der Waals surface area contributed by atoms with E-state index >= 15 is 0 Å². The number of aromatic nitrogens is 2. The van der Waals surface area contributed by atoms with Crippen LogP contribution in [0.1, 0.15) is 5.56 Å². The number of phenolic OH excluding ortho intramolecular Hbond substituents is 1. The third kappa shape index (κ3) is 2.00. The molecule has 0 aliphatic carbocycles. The number of phenols is 1. The first-order valence-corrected chi connectivity index (χ1v) is 5.73. The molecule has 3 aromatic rings. The van der Waals surface area contributed by atoms with Gasteiger partial charge in [0.15, 0.2) is 0 Å². The molecule has 0 spiro atoms. The van der Waals surface area contributed by atoms with Crippen LogP contribution in [0.25, 0.3) is 11.0 Å². The Kier molecular flexibility index (Phi) is 2.41. The maximum Gasteiger partial charge on any atom is 0.205 e. The van der Waals surface area contributed by atoms with Crippen molar-refractivity contribution in [2.45, 2.75) is 6.92 Å². The summed E-state index contributed by atoms with van der Waals surface area (Å²) < 4.78 is 0. The van der Waals surface area contributed by atoms with E-state index in [1.165, 1.54) is 5.56 Å². The van der Waals surface area contributed by atoms with E-state index in [4.69, 9.17) is 0 Å². The molecule has 1 heterocycles. The number of fused-ring (bicyclic) bond motifs is 1. The van der Waals surface area contributed by atoms with Gasteiger partial charge in [-0.2, -0.15) is 0 Å². The maximum atomic E-state index is 9.22. The number of H-pyrrole nitrogens is 1. The van der Waals surface area contributed by atoms with Crippen LogP contribution in [0, 0.1) is 6.92 Å². The van der Waals surface area contributed by atoms with Gasteiger partial charge in [0, 0.05) is 5.69 Å². The zero-order chi connectivity index (χ0) is 12.5. The minimum atomic E-state index is 0.251. The summed E-state index contributed by atoms with van der Waals surface area (Å²) >= 11 is 0. The van der Waals surface area contributed by atoms with Gasteiger partial charge in [0.05, 0.1) is 11.0 Å². The van der Waals surface area contributed by atoms with Crippen molar-refractivity contribution in [3.8, 4) is 5.75 Å². The highest BCUT2D eigenvalue weighted by atomic mass is 16.3. The van der Waals surface area contributed by atoms with Crippen LogP contribution in [0.3, 0.4) is 0 Å². The van der Waals surface area contributed by atoms with Gasteiger partial charge in [0.1, 0.15) is 5.75 Å². The summed E-state index contributed by atoms with van der Waals surface area (Å²) in [5, 5.41) is 12.4. The lowest BCUT2D eigenvalue weighted by molar-refractivity contribution is 0.475. The maximum absolute atomic E-state index is 9.22. The summed E-state index contributed by atoms with van der Waals surface area (Å²) in [7, 11) is 0. The van der Waals surface area contributed by atoms with Crippen LogP contribution in [-0.4, -0.2) is 15.1 Å². The van der Waals surface area contributed by atoms with Gasteiger partial charge in [-0.1, -0.05) is 6.07 Å². The first kappa shape index (κ1) is 10.7. The molecule has 90 valence electrons. The standard InChI is InChI=1S/C14H13N3O/c1-9-2-7-12-13(8-9)17-14(16-12)15-10-3-5-11(18)6-4-10/h2-8,18H,1H3,(H2,15,16,17). The number of nitrogens with one attached hydrogen (secondary N) is 2. The highest BCUT2D eigenvalue weighted by Crippen LogP contribution is 2.20. The SMILES string of the molecule is Cc1ccc2nc(Nc3ccc(O)cc3)[nH]c2c1. The van der Waals surface area contributed by atoms with Crippen LogP contribution in [0.5, 0.6) is 5.75 Å². The Morgan fingerprint density at radius 2 is 1.89 bits per heavy atom. The third-order valence-electron chi connectivity index (χ3n) is 2.77. The fourth-order valence-corrected chi connectivity index (χ4v) is 1.86. The Balaban J connectivity index is 1.92. The van der Waals surface area contributed by atoms with E-state index in [0.717, 1.165) is 16.7 Å². The topological polar surface area (TPSA) is 60.9 Å². The van der Waals surface area contributed by atoms with Gasteiger partial charge in [-0.25, -0.2) is 4.98 Å². The minimum absolute atomic E-state index is 0.251. The first-order chi connectivity index (χ1) is 8.70. The van der Waals surface area contributed by atoms with Gasteiger partial charge in [0.25, 0.3) is 0 Å². The number of hydrogen-bond acceptors (Lipinski definition) is 3. The average molecular weight is 239 g/mol. The van der Waals surface area contributed by atoms with E-state index in [2.05, 4.69) is 21.4 Å². The molecule has 0 atom stereocenters. The Morgan fingerprint density at radius 1 is 1.11 bits per heavy atom. The minimum Gasteiger partial charge on any atom is -0.508 e. The van der Waals surface area contributed by atoms with Crippen molar-refractivity contribution in [2.24, 2.45) is 0 Å². The number of nitrogens with zero attached hydrogens (tertiary/aromatic N) is 1. The predicted octanol–water partition coefficient (Wildman–Crippen LogP) is 3.32. The molecule has 0 bridgehead atoms. The molecule has 0 unspecified atom stereocenters. The van der Waals surface area contributed by atoms with Crippen molar-refractivity contribution < 1.29 is 5.11 Å². The van der Waals surface area contributed by atoms with Gasteiger partial charge in [0.2, 0.25) is 5.95 Å². The van der Waals surface area contributed by atoms with E-state index in [9.17, 15) is 5.11 Å². The Hall–Kier alpha value is -2.49. The van der Waals surface area contributed by atoms with Crippen molar-refractivity contribution in [1.29, 1.82) is 0 Å². The fraction of sp³-hybridized carbons (Fsp3) is 0.0714. The molecule has 0 aliphatic rings. The van der Waals surface area contributed by atoms with Crippen molar-refractivity contribution in [3.05, 3.63) is 48.0 Å². The summed E-state index contributed by atoms with van der Waals surface area (Å²) in [6.45, 7) is 2.05. The van der Waals surface area contributed by atoms with Crippen LogP contribution in [0.4, 0.5) is 11.6 Å².